The molecular weight excluding hydrogens is 225 g/mol. The van der Waals surface area contributed by atoms with E-state index in [-0.39, 0.29) is 6.04 Å². The van der Waals surface area contributed by atoms with E-state index in [9.17, 15) is 13.2 Å². The number of halogens is 3. The number of rotatable bonds is 1. The number of hydrogen-bond acceptors (Lipinski definition) is 3. The maximum absolute atomic E-state index is 12.3. The van der Waals surface area contributed by atoms with Gasteiger partial charge in [0, 0.05) is 5.38 Å². The van der Waals surface area contributed by atoms with Crippen molar-refractivity contribution in [1.82, 2.24) is 10.3 Å². The molecule has 1 fully saturated rings. The summed E-state index contributed by atoms with van der Waals surface area (Å²) in [7, 11) is 0. The van der Waals surface area contributed by atoms with Gasteiger partial charge < -0.3 is 5.32 Å². The van der Waals surface area contributed by atoms with Crippen LogP contribution in [-0.4, -0.2) is 11.5 Å². The van der Waals surface area contributed by atoms with E-state index in [0.717, 1.165) is 42.5 Å². The highest BCUT2D eigenvalue weighted by Gasteiger charge is 2.34. The van der Waals surface area contributed by atoms with Crippen LogP contribution >= 0.6 is 11.3 Å². The molecular formula is C9H11F3N2S. The normalized spacial score (nSPS) is 23.0. The summed E-state index contributed by atoms with van der Waals surface area (Å²) in [6.45, 7) is 0.867. The molecule has 84 valence electrons. The van der Waals surface area contributed by atoms with Crippen molar-refractivity contribution in [2.24, 2.45) is 0 Å². The Balaban J connectivity index is 2.12. The van der Waals surface area contributed by atoms with E-state index < -0.39 is 11.9 Å². The standard InChI is InChI=1S/C9H11F3N2S/c10-9(11,12)7-5-15-8(14-7)6-3-1-2-4-13-6/h5-6,13H,1-4H2. The number of thiazole rings is 1. The number of aromatic nitrogens is 1. The maximum Gasteiger partial charge on any atom is 0.434 e. The lowest BCUT2D eigenvalue weighted by molar-refractivity contribution is -0.140. The van der Waals surface area contributed by atoms with Crippen LogP contribution in [0.1, 0.15) is 36.0 Å². The molecule has 1 aliphatic heterocycles. The molecule has 0 saturated carbocycles. The minimum absolute atomic E-state index is 0.0137. The Morgan fingerprint density at radius 1 is 1.40 bits per heavy atom. The van der Waals surface area contributed by atoms with E-state index in [0.29, 0.717) is 5.01 Å². The highest BCUT2D eigenvalue weighted by atomic mass is 32.1. The van der Waals surface area contributed by atoms with Gasteiger partial charge in [-0.3, -0.25) is 0 Å². The van der Waals surface area contributed by atoms with Gasteiger partial charge in [-0.25, -0.2) is 4.98 Å². The predicted molar refractivity (Wildman–Crippen MR) is 51.7 cm³/mol. The van der Waals surface area contributed by atoms with Crippen molar-refractivity contribution >= 4 is 11.3 Å². The van der Waals surface area contributed by atoms with Crippen molar-refractivity contribution in [2.45, 2.75) is 31.5 Å². The van der Waals surface area contributed by atoms with Gasteiger partial charge in [-0.15, -0.1) is 11.3 Å². The van der Waals surface area contributed by atoms with E-state index in [1.54, 1.807) is 0 Å². The zero-order valence-electron chi connectivity index (χ0n) is 7.97. The van der Waals surface area contributed by atoms with E-state index in [1.165, 1.54) is 0 Å². The van der Waals surface area contributed by atoms with E-state index >= 15 is 0 Å². The van der Waals surface area contributed by atoms with Gasteiger partial charge in [-0.05, 0) is 19.4 Å². The topological polar surface area (TPSA) is 24.9 Å². The lowest BCUT2D eigenvalue weighted by atomic mass is 10.1. The van der Waals surface area contributed by atoms with Crippen LogP contribution < -0.4 is 5.32 Å². The fraction of sp³-hybridized carbons (Fsp3) is 0.667. The summed E-state index contributed by atoms with van der Waals surface area (Å²) in [4.78, 5) is 3.64. The second-order valence-electron chi connectivity index (χ2n) is 3.57. The summed E-state index contributed by atoms with van der Waals surface area (Å²) in [5.74, 6) is 0. The Labute approximate surface area is 89.5 Å². The van der Waals surface area contributed by atoms with E-state index in [4.69, 9.17) is 0 Å². The van der Waals surface area contributed by atoms with Crippen molar-refractivity contribution in [2.75, 3.05) is 6.54 Å². The fourth-order valence-corrected chi connectivity index (χ4v) is 2.58. The van der Waals surface area contributed by atoms with Crippen LogP contribution in [0.15, 0.2) is 5.38 Å². The zero-order chi connectivity index (χ0) is 10.9. The lowest BCUT2D eigenvalue weighted by Gasteiger charge is -2.21. The van der Waals surface area contributed by atoms with Gasteiger partial charge in [0.2, 0.25) is 0 Å². The Bertz CT molecular complexity index is 328. The minimum atomic E-state index is -4.32. The third kappa shape index (κ3) is 2.49. The quantitative estimate of drug-likeness (QED) is 0.810. The molecule has 0 spiro atoms. The Morgan fingerprint density at radius 2 is 2.20 bits per heavy atom. The molecule has 2 nitrogen and oxygen atoms in total. The average molecular weight is 236 g/mol. The first kappa shape index (κ1) is 10.9. The molecule has 1 unspecified atom stereocenters. The smallest absolute Gasteiger partial charge is 0.308 e. The van der Waals surface area contributed by atoms with Gasteiger partial charge in [-0.2, -0.15) is 13.2 Å². The SMILES string of the molecule is FC(F)(F)c1csc(C2CCCCN2)n1. The summed E-state index contributed by atoms with van der Waals surface area (Å²) >= 11 is 1.09. The molecule has 1 aromatic rings. The fourth-order valence-electron chi connectivity index (χ4n) is 1.64. The van der Waals surface area contributed by atoms with Crippen molar-refractivity contribution in [1.29, 1.82) is 0 Å². The molecule has 0 amide bonds. The summed E-state index contributed by atoms with van der Waals surface area (Å²) in [6, 6.07) is 0.0137. The molecule has 1 atom stereocenters. The molecule has 2 rings (SSSR count). The molecule has 0 aliphatic carbocycles. The van der Waals surface area contributed by atoms with Crippen LogP contribution in [0.25, 0.3) is 0 Å². The molecule has 0 radical (unpaired) electrons. The first-order valence-corrected chi connectivity index (χ1v) is 5.71. The number of nitrogens with zero attached hydrogens (tertiary/aromatic N) is 1. The highest BCUT2D eigenvalue weighted by molar-refractivity contribution is 7.09. The second-order valence-corrected chi connectivity index (χ2v) is 4.46. The van der Waals surface area contributed by atoms with Gasteiger partial charge in [-0.1, -0.05) is 6.42 Å². The summed E-state index contributed by atoms with van der Waals surface area (Å²) in [5, 5.41) is 4.83. The van der Waals surface area contributed by atoms with Gasteiger partial charge in [0.05, 0.1) is 6.04 Å². The minimum Gasteiger partial charge on any atom is -0.308 e. The van der Waals surface area contributed by atoms with Crippen LogP contribution in [0.2, 0.25) is 0 Å². The van der Waals surface area contributed by atoms with Gasteiger partial charge in [0.15, 0.2) is 5.69 Å². The predicted octanol–water partition coefficient (Wildman–Crippen LogP) is 2.98. The molecule has 1 N–H and O–H groups in total. The van der Waals surface area contributed by atoms with Crippen molar-refractivity contribution in [3.8, 4) is 0 Å². The summed E-state index contributed by atoms with van der Waals surface area (Å²) in [6.07, 6.45) is -1.29. The molecule has 6 heteroatoms. The molecule has 1 saturated heterocycles. The van der Waals surface area contributed by atoms with Gasteiger partial charge in [0.25, 0.3) is 0 Å². The van der Waals surface area contributed by atoms with Crippen molar-refractivity contribution in [3.63, 3.8) is 0 Å². The first-order chi connectivity index (χ1) is 7.07. The molecule has 1 aromatic heterocycles. The maximum atomic E-state index is 12.3. The van der Waals surface area contributed by atoms with Crippen LogP contribution in [0, 0.1) is 0 Å². The third-order valence-electron chi connectivity index (χ3n) is 2.42. The molecule has 0 bridgehead atoms. The number of nitrogens with one attached hydrogen (secondary N) is 1. The highest BCUT2D eigenvalue weighted by Crippen LogP contribution is 2.33. The molecule has 15 heavy (non-hydrogen) atoms. The summed E-state index contributed by atoms with van der Waals surface area (Å²) < 4.78 is 36.9. The Kier molecular flexibility index (Phi) is 2.97. The number of alkyl halides is 3. The number of piperidine rings is 1. The van der Waals surface area contributed by atoms with Gasteiger partial charge in [0.1, 0.15) is 5.01 Å². The zero-order valence-corrected chi connectivity index (χ0v) is 8.79. The molecule has 0 aromatic carbocycles. The number of hydrogen-bond donors (Lipinski definition) is 1. The average Bonchev–Trinajstić information content (AvgIpc) is 2.67. The van der Waals surface area contributed by atoms with E-state index in [1.807, 2.05) is 0 Å². The van der Waals surface area contributed by atoms with Crippen LogP contribution in [-0.2, 0) is 6.18 Å². The Morgan fingerprint density at radius 3 is 2.73 bits per heavy atom. The van der Waals surface area contributed by atoms with Gasteiger partial charge >= 0.3 is 6.18 Å². The first-order valence-electron chi connectivity index (χ1n) is 4.83. The van der Waals surface area contributed by atoms with Crippen molar-refractivity contribution < 1.29 is 13.2 Å². The Hall–Kier alpha value is -0.620. The van der Waals surface area contributed by atoms with E-state index in [2.05, 4.69) is 10.3 Å². The van der Waals surface area contributed by atoms with Crippen molar-refractivity contribution in [3.05, 3.63) is 16.1 Å². The molecule has 1 aliphatic rings. The lowest BCUT2D eigenvalue weighted by Crippen LogP contribution is -2.26. The third-order valence-corrected chi connectivity index (χ3v) is 3.38. The monoisotopic (exact) mass is 236 g/mol. The largest absolute Gasteiger partial charge is 0.434 e. The van der Waals surface area contributed by atoms with Crippen LogP contribution in [0.4, 0.5) is 13.2 Å². The second kappa shape index (κ2) is 4.09. The molecule has 2 heterocycles. The summed E-state index contributed by atoms with van der Waals surface area (Å²) in [5.41, 5.74) is -0.769. The van der Waals surface area contributed by atoms with Crippen LogP contribution in [0.5, 0.6) is 0 Å². The van der Waals surface area contributed by atoms with Crippen LogP contribution in [0.3, 0.4) is 0 Å².